The molecule has 0 bridgehead atoms. The summed E-state index contributed by atoms with van der Waals surface area (Å²) in [4.78, 5) is 38.0. The number of urea groups is 1. The molecule has 1 saturated heterocycles. The van der Waals surface area contributed by atoms with Crippen LogP contribution in [0.5, 0.6) is 0 Å². The summed E-state index contributed by atoms with van der Waals surface area (Å²) in [5.41, 5.74) is -0.627. The van der Waals surface area contributed by atoms with Crippen LogP contribution in [0.25, 0.3) is 0 Å². The van der Waals surface area contributed by atoms with E-state index in [1.165, 1.54) is 17.0 Å². The number of halogens is 1. The number of nitrogens with one attached hydrogen (secondary N) is 2. The molecule has 3 N–H and O–H groups in total. The Morgan fingerprint density at radius 2 is 1.97 bits per heavy atom. The number of rotatable bonds is 7. The van der Waals surface area contributed by atoms with Crippen LogP contribution in [0.1, 0.15) is 29.3 Å². The highest BCUT2D eigenvalue weighted by Gasteiger charge is 2.39. The zero-order valence-corrected chi connectivity index (χ0v) is 15.9. The number of nitrogens with zero attached hydrogens (tertiary/aromatic N) is 1. The number of carboxylic acids is 1. The van der Waals surface area contributed by atoms with E-state index in [0.717, 1.165) is 6.07 Å². The Morgan fingerprint density at radius 3 is 2.55 bits per heavy atom. The standard InChI is InChI=1S/C21H22FN3O4/c1-2-21(19(27)28,14-6-4-3-5-7-14)13-24-18(26)16-12-15(8-9-17(16)22)25-11-10-23-20(25)29/h3-9,12H,2,10-11,13H2,1H3,(H,23,29)(H,24,26)(H,27,28). The molecule has 3 amide bonds. The van der Waals surface area contributed by atoms with E-state index in [4.69, 9.17) is 0 Å². The number of carbonyl (C=O) groups excluding carboxylic acids is 2. The maximum atomic E-state index is 14.3. The van der Waals surface area contributed by atoms with Crippen LogP contribution >= 0.6 is 0 Å². The Balaban J connectivity index is 1.84. The van der Waals surface area contributed by atoms with E-state index in [-0.39, 0.29) is 24.6 Å². The number of benzene rings is 2. The highest BCUT2D eigenvalue weighted by atomic mass is 19.1. The minimum absolute atomic E-state index is 0.199. The van der Waals surface area contributed by atoms with Gasteiger partial charge in [0.1, 0.15) is 11.2 Å². The van der Waals surface area contributed by atoms with Crippen LogP contribution in [0.2, 0.25) is 0 Å². The number of aliphatic carboxylic acids is 1. The van der Waals surface area contributed by atoms with Gasteiger partial charge in [-0.15, -0.1) is 0 Å². The van der Waals surface area contributed by atoms with Crippen LogP contribution in [-0.4, -0.2) is 42.6 Å². The summed E-state index contributed by atoms with van der Waals surface area (Å²) in [6.45, 7) is 2.40. The molecule has 0 saturated carbocycles. The largest absolute Gasteiger partial charge is 0.481 e. The highest BCUT2D eigenvalue weighted by Crippen LogP contribution is 2.28. The van der Waals surface area contributed by atoms with Gasteiger partial charge >= 0.3 is 12.0 Å². The predicted molar refractivity (Wildman–Crippen MR) is 106 cm³/mol. The van der Waals surface area contributed by atoms with E-state index in [2.05, 4.69) is 10.6 Å². The fraction of sp³-hybridized carbons (Fsp3) is 0.286. The first-order valence-corrected chi connectivity index (χ1v) is 9.31. The summed E-state index contributed by atoms with van der Waals surface area (Å²) in [5, 5.41) is 15.1. The molecule has 2 aromatic carbocycles. The molecule has 2 aromatic rings. The lowest BCUT2D eigenvalue weighted by molar-refractivity contribution is -0.143. The molecule has 0 aliphatic carbocycles. The van der Waals surface area contributed by atoms with Crippen molar-refractivity contribution in [3.05, 3.63) is 65.5 Å². The van der Waals surface area contributed by atoms with Crippen LogP contribution in [0.4, 0.5) is 14.9 Å². The van der Waals surface area contributed by atoms with Crippen molar-refractivity contribution < 1.29 is 23.9 Å². The fourth-order valence-electron chi connectivity index (χ4n) is 3.44. The van der Waals surface area contributed by atoms with Gasteiger partial charge in [-0.3, -0.25) is 14.5 Å². The first-order chi connectivity index (χ1) is 13.9. The summed E-state index contributed by atoms with van der Waals surface area (Å²) in [6.07, 6.45) is 0.239. The summed E-state index contributed by atoms with van der Waals surface area (Å²) < 4.78 is 14.3. The van der Waals surface area contributed by atoms with Gasteiger partial charge in [-0.05, 0) is 30.2 Å². The maximum absolute atomic E-state index is 14.3. The minimum Gasteiger partial charge on any atom is -0.481 e. The summed E-state index contributed by atoms with van der Waals surface area (Å²) in [5.74, 6) is -2.56. The molecule has 0 radical (unpaired) electrons. The van der Waals surface area contributed by atoms with Crippen LogP contribution in [0.15, 0.2) is 48.5 Å². The van der Waals surface area contributed by atoms with Gasteiger partial charge in [0.05, 0.1) is 5.56 Å². The molecule has 0 spiro atoms. The molecule has 1 fully saturated rings. The SMILES string of the molecule is CCC(CNC(=O)c1cc(N2CCNC2=O)ccc1F)(C(=O)O)c1ccccc1. The van der Waals surface area contributed by atoms with Crippen molar-refractivity contribution in [2.45, 2.75) is 18.8 Å². The molecule has 7 nitrogen and oxygen atoms in total. The van der Waals surface area contributed by atoms with Crippen LogP contribution in [-0.2, 0) is 10.2 Å². The number of carboxylic acid groups (broad SMARTS) is 1. The van der Waals surface area contributed by atoms with Gasteiger partial charge in [-0.1, -0.05) is 37.3 Å². The Labute approximate surface area is 167 Å². The number of hydrogen-bond acceptors (Lipinski definition) is 3. The number of hydrogen-bond donors (Lipinski definition) is 3. The van der Waals surface area contributed by atoms with E-state index in [9.17, 15) is 23.9 Å². The van der Waals surface area contributed by atoms with Crippen molar-refractivity contribution in [1.82, 2.24) is 10.6 Å². The lowest BCUT2D eigenvalue weighted by Crippen LogP contribution is -2.46. The second-order valence-corrected chi connectivity index (χ2v) is 6.84. The first-order valence-electron chi connectivity index (χ1n) is 9.31. The number of amides is 3. The Kier molecular flexibility index (Phi) is 5.81. The average Bonchev–Trinajstić information content (AvgIpc) is 3.15. The monoisotopic (exact) mass is 399 g/mol. The molecule has 1 atom stereocenters. The van der Waals surface area contributed by atoms with Crippen molar-refractivity contribution in [3.8, 4) is 0 Å². The second-order valence-electron chi connectivity index (χ2n) is 6.84. The van der Waals surface area contributed by atoms with Crippen molar-refractivity contribution in [3.63, 3.8) is 0 Å². The summed E-state index contributed by atoms with van der Waals surface area (Å²) in [7, 11) is 0. The zero-order valence-electron chi connectivity index (χ0n) is 15.9. The molecular weight excluding hydrogens is 377 g/mol. The molecule has 0 aromatic heterocycles. The average molecular weight is 399 g/mol. The van der Waals surface area contributed by atoms with Crippen LogP contribution in [0, 0.1) is 5.82 Å². The van der Waals surface area contributed by atoms with Crippen molar-refractivity contribution in [2.24, 2.45) is 0 Å². The normalized spacial score (nSPS) is 15.5. The van der Waals surface area contributed by atoms with Crippen molar-refractivity contribution >= 4 is 23.6 Å². The molecule has 3 rings (SSSR count). The van der Waals surface area contributed by atoms with Gasteiger partial charge in [0.15, 0.2) is 0 Å². The maximum Gasteiger partial charge on any atom is 0.321 e. The van der Waals surface area contributed by atoms with Gasteiger partial charge in [-0.25, -0.2) is 9.18 Å². The molecule has 8 heteroatoms. The molecule has 152 valence electrons. The van der Waals surface area contributed by atoms with Crippen LogP contribution < -0.4 is 15.5 Å². The Hall–Kier alpha value is -3.42. The smallest absolute Gasteiger partial charge is 0.321 e. The zero-order chi connectivity index (χ0) is 21.0. The second kappa shape index (κ2) is 8.30. The van der Waals surface area contributed by atoms with Crippen LogP contribution in [0.3, 0.4) is 0 Å². The quantitative estimate of drug-likeness (QED) is 0.666. The van der Waals surface area contributed by atoms with Crippen molar-refractivity contribution in [2.75, 3.05) is 24.5 Å². The summed E-state index contributed by atoms with van der Waals surface area (Å²) >= 11 is 0. The lowest BCUT2D eigenvalue weighted by Gasteiger charge is -2.29. The third-order valence-electron chi connectivity index (χ3n) is 5.25. The topological polar surface area (TPSA) is 98.7 Å². The summed E-state index contributed by atoms with van der Waals surface area (Å²) in [6, 6.07) is 12.2. The third kappa shape index (κ3) is 3.91. The molecule has 1 heterocycles. The first kappa shape index (κ1) is 20.3. The predicted octanol–water partition coefficient (Wildman–Crippen LogP) is 2.52. The molecule has 1 unspecified atom stereocenters. The molecular formula is C21H22FN3O4. The highest BCUT2D eigenvalue weighted by molar-refractivity contribution is 5.99. The fourth-order valence-corrected chi connectivity index (χ4v) is 3.44. The van der Waals surface area contributed by atoms with E-state index in [0.29, 0.717) is 24.3 Å². The van der Waals surface area contributed by atoms with E-state index in [1.807, 2.05) is 0 Å². The van der Waals surface area contributed by atoms with Gasteiger partial charge < -0.3 is 15.7 Å². The molecule has 29 heavy (non-hydrogen) atoms. The van der Waals surface area contributed by atoms with Gasteiger partial charge in [0, 0.05) is 25.3 Å². The molecule has 1 aliphatic heterocycles. The Bertz CT molecular complexity index is 935. The Morgan fingerprint density at radius 1 is 1.24 bits per heavy atom. The van der Waals surface area contributed by atoms with E-state index in [1.54, 1.807) is 37.3 Å². The number of anilines is 1. The lowest BCUT2D eigenvalue weighted by atomic mass is 9.78. The molecule has 1 aliphatic rings. The van der Waals surface area contributed by atoms with Crippen molar-refractivity contribution in [1.29, 1.82) is 0 Å². The van der Waals surface area contributed by atoms with Gasteiger partial charge in [-0.2, -0.15) is 0 Å². The minimum atomic E-state index is -1.33. The number of carbonyl (C=O) groups is 3. The van der Waals surface area contributed by atoms with E-state index < -0.39 is 23.1 Å². The van der Waals surface area contributed by atoms with E-state index >= 15 is 0 Å². The van der Waals surface area contributed by atoms with Gasteiger partial charge in [0.25, 0.3) is 5.91 Å². The van der Waals surface area contributed by atoms with Gasteiger partial charge in [0.2, 0.25) is 0 Å². The third-order valence-corrected chi connectivity index (χ3v) is 5.25.